The maximum atomic E-state index is 11.4. The highest BCUT2D eigenvalue weighted by molar-refractivity contribution is 5.93. The fourth-order valence-corrected chi connectivity index (χ4v) is 1.40. The van der Waals surface area contributed by atoms with Crippen LogP contribution in [0.25, 0.3) is 0 Å². The van der Waals surface area contributed by atoms with Crippen molar-refractivity contribution in [1.29, 1.82) is 0 Å². The minimum atomic E-state index is 0.0443. The molecular weight excluding hydrogens is 192 g/mol. The van der Waals surface area contributed by atoms with Gasteiger partial charge in [-0.2, -0.15) is 0 Å². The molecular formula is C12H16O3. The summed E-state index contributed by atoms with van der Waals surface area (Å²) in [6, 6.07) is 3.39. The number of furan rings is 1. The van der Waals surface area contributed by atoms with E-state index in [0.29, 0.717) is 18.6 Å². The summed E-state index contributed by atoms with van der Waals surface area (Å²) in [5.41, 5.74) is 0. The van der Waals surface area contributed by atoms with Gasteiger partial charge >= 0.3 is 0 Å². The van der Waals surface area contributed by atoms with Gasteiger partial charge in [0.2, 0.25) is 0 Å². The quantitative estimate of drug-likeness (QED) is 0.511. The van der Waals surface area contributed by atoms with Crippen molar-refractivity contribution in [3.8, 4) is 0 Å². The molecule has 1 heterocycles. The van der Waals surface area contributed by atoms with E-state index in [-0.39, 0.29) is 11.6 Å². The van der Waals surface area contributed by atoms with Gasteiger partial charge in [-0.25, -0.2) is 0 Å². The van der Waals surface area contributed by atoms with Gasteiger partial charge in [-0.15, -0.1) is 0 Å². The average molecular weight is 208 g/mol. The molecule has 0 fully saturated rings. The van der Waals surface area contributed by atoms with Crippen molar-refractivity contribution < 1.29 is 14.0 Å². The number of rotatable bonds is 7. The molecule has 3 nitrogen and oxygen atoms in total. The second-order valence-electron chi connectivity index (χ2n) is 3.66. The van der Waals surface area contributed by atoms with Crippen LogP contribution in [0.1, 0.15) is 49.6 Å². The molecule has 0 spiro atoms. The highest BCUT2D eigenvalue weighted by Gasteiger charge is 2.07. The van der Waals surface area contributed by atoms with Gasteiger partial charge in [-0.3, -0.25) is 4.79 Å². The first-order valence-electron chi connectivity index (χ1n) is 5.26. The Bertz CT molecular complexity index is 312. The summed E-state index contributed by atoms with van der Waals surface area (Å²) in [4.78, 5) is 22.1. The molecule has 0 aliphatic carbocycles. The van der Waals surface area contributed by atoms with E-state index in [0.717, 1.165) is 19.3 Å². The standard InChI is InChI=1S/C12H16O3/c1-10(13)6-3-2-4-7-11(14)12-8-5-9-15-12/h5,8-9H,2-4,6-7H2,1H3. The Labute approximate surface area is 89.5 Å². The van der Waals surface area contributed by atoms with E-state index in [2.05, 4.69) is 0 Å². The van der Waals surface area contributed by atoms with Crippen LogP contribution in [0.4, 0.5) is 0 Å². The molecule has 1 aromatic heterocycles. The van der Waals surface area contributed by atoms with E-state index < -0.39 is 0 Å². The minimum Gasteiger partial charge on any atom is -0.461 e. The van der Waals surface area contributed by atoms with Crippen LogP contribution in [0, 0.1) is 0 Å². The largest absolute Gasteiger partial charge is 0.461 e. The van der Waals surface area contributed by atoms with Gasteiger partial charge < -0.3 is 9.21 Å². The molecule has 0 bridgehead atoms. The van der Waals surface area contributed by atoms with Crippen LogP contribution in [0.3, 0.4) is 0 Å². The summed E-state index contributed by atoms with van der Waals surface area (Å²) >= 11 is 0. The minimum absolute atomic E-state index is 0.0443. The zero-order valence-electron chi connectivity index (χ0n) is 8.99. The third-order valence-electron chi connectivity index (χ3n) is 2.23. The van der Waals surface area contributed by atoms with Crippen molar-refractivity contribution in [1.82, 2.24) is 0 Å². The van der Waals surface area contributed by atoms with Gasteiger partial charge in [0.25, 0.3) is 0 Å². The molecule has 0 saturated heterocycles. The van der Waals surface area contributed by atoms with Crippen molar-refractivity contribution in [2.75, 3.05) is 0 Å². The summed E-state index contributed by atoms with van der Waals surface area (Å²) in [5.74, 6) is 0.691. The number of Topliss-reactive ketones (excluding diaryl/α,β-unsaturated/α-hetero) is 2. The van der Waals surface area contributed by atoms with Crippen LogP contribution in [-0.4, -0.2) is 11.6 Å². The highest BCUT2D eigenvalue weighted by Crippen LogP contribution is 2.09. The van der Waals surface area contributed by atoms with Crippen LogP contribution in [0.15, 0.2) is 22.8 Å². The van der Waals surface area contributed by atoms with E-state index in [4.69, 9.17) is 4.42 Å². The highest BCUT2D eigenvalue weighted by atomic mass is 16.3. The fourth-order valence-electron chi connectivity index (χ4n) is 1.40. The molecule has 0 aliphatic heterocycles. The molecule has 0 unspecified atom stereocenters. The van der Waals surface area contributed by atoms with Gasteiger partial charge in [-0.1, -0.05) is 6.42 Å². The number of ketones is 2. The maximum absolute atomic E-state index is 11.4. The molecule has 0 amide bonds. The third-order valence-corrected chi connectivity index (χ3v) is 2.23. The number of unbranched alkanes of at least 4 members (excludes halogenated alkanes) is 2. The van der Waals surface area contributed by atoms with Crippen molar-refractivity contribution in [2.24, 2.45) is 0 Å². The van der Waals surface area contributed by atoms with E-state index in [9.17, 15) is 9.59 Å². The normalized spacial score (nSPS) is 10.2. The molecule has 0 aromatic carbocycles. The zero-order chi connectivity index (χ0) is 11.1. The molecule has 1 rings (SSSR count). The lowest BCUT2D eigenvalue weighted by Gasteiger charge is -1.98. The number of carbonyl (C=O) groups is 2. The molecule has 3 heteroatoms. The Hall–Kier alpha value is -1.38. The summed E-state index contributed by atoms with van der Waals surface area (Å²) in [6.07, 6.45) is 5.25. The first-order chi connectivity index (χ1) is 7.20. The Morgan fingerprint density at radius 1 is 1.20 bits per heavy atom. The van der Waals surface area contributed by atoms with Crippen molar-refractivity contribution in [3.05, 3.63) is 24.2 Å². The summed E-state index contributed by atoms with van der Waals surface area (Å²) in [6.45, 7) is 1.59. The monoisotopic (exact) mass is 208 g/mol. The molecule has 0 radical (unpaired) electrons. The lowest BCUT2D eigenvalue weighted by atomic mass is 10.1. The molecule has 0 saturated carbocycles. The van der Waals surface area contributed by atoms with E-state index >= 15 is 0 Å². The third kappa shape index (κ3) is 4.58. The average Bonchev–Trinajstić information content (AvgIpc) is 2.69. The van der Waals surface area contributed by atoms with Gasteiger partial charge in [0.05, 0.1) is 6.26 Å². The number of carbonyl (C=O) groups excluding carboxylic acids is 2. The smallest absolute Gasteiger partial charge is 0.197 e. The predicted molar refractivity (Wildman–Crippen MR) is 56.8 cm³/mol. The van der Waals surface area contributed by atoms with Gasteiger partial charge in [0.15, 0.2) is 11.5 Å². The Morgan fingerprint density at radius 2 is 1.93 bits per heavy atom. The van der Waals surface area contributed by atoms with Gasteiger partial charge in [0.1, 0.15) is 5.78 Å². The number of hydrogen-bond donors (Lipinski definition) is 0. The van der Waals surface area contributed by atoms with Crippen LogP contribution in [0.2, 0.25) is 0 Å². The molecule has 0 aliphatic rings. The van der Waals surface area contributed by atoms with E-state index in [1.807, 2.05) is 0 Å². The van der Waals surface area contributed by atoms with Crippen molar-refractivity contribution >= 4 is 11.6 Å². The second kappa shape index (κ2) is 6.17. The molecule has 82 valence electrons. The first-order valence-corrected chi connectivity index (χ1v) is 5.26. The summed E-state index contributed by atoms with van der Waals surface area (Å²) in [5, 5.41) is 0. The Kier molecular flexibility index (Phi) is 4.81. The number of hydrogen-bond acceptors (Lipinski definition) is 3. The molecule has 1 aromatic rings. The van der Waals surface area contributed by atoms with Crippen molar-refractivity contribution in [2.45, 2.75) is 39.0 Å². The van der Waals surface area contributed by atoms with Gasteiger partial charge in [0, 0.05) is 12.8 Å². The SMILES string of the molecule is CC(=O)CCCCCC(=O)c1ccco1. The Balaban J connectivity index is 2.10. The topological polar surface area (TPSA) is 47.3 Å². The summed E-state index contributed by atoms with van der Waals surface area (Å²) in [7, 11) is 0. The van der Waals surface area contributed by atoms with Gasteiger partial charge in [-0.05, 0) is 31.9 Å². The zero-order valence-corrected chi connectivity index (χ0v) is 8.99. The van der Waals surface area contributed by atoms with Crippen molar-refractivity contribution in [3.63, 3.8) is 0 Å². The van der Waals surface area contributed by atoms with E-state index in [1.165, 1.54) is 6.26 Å². The fraction of sp³-hybridized carbons (Fsp3) is 0.500. The van der Waals surface area contributed by atoms with Crippen LogP contribution >= 0.6 is 0 Å². The van der Waals surface area contributed by atoms with Crippen LogP contribution in [-0.2, 0) is 4.79 Å². The lowest BCUT2D eigenvalue weighted by Crippen LogP contribution is -1.97. The van der Waals surface area contributed by atoms with Crippen LogP contribution in [0.5, 0.6) is 0 Å². The van der Waals surface area contributed by atoms with E-state index in [1.54, 1.807) is 19.1 Å². The molecule has 0 N–H and O–H groups in total. The second-order valence-corrected chi connectivity index (χ2v) is 3.66. The molecule has 0 atom stereocenters. The predicted octanol–water partition coefficient (Wildman–Crippen LogP) is 3.00. The first kappa shape index (κ1) is 11.7. The summed E-state index contributed by atoms with van der Waals surface area (Å²) < 4.78 is 4.99. The molecule has 15 heavy (non-hydrogen) atoms. The van der Waals surface area contributed by atoms with Crippen LogP contribution < -0.4 is 0 Å². The maximum Gasteiger partial charge on any atom is 0.197 e. The Morgan fingerprint density at radius 3 is 2.53 bits per heavy atom. The lowest BCUT2D eigenvalue weighted by molar-refractivity contribution is -0.117.